The monoisotopic (exact) mass is 269 g/mol. The first kappa shape index (κ1) is 18.5. The van der Waals surface area contributed by atoms with Gasteiger partial charge in [0.2, 0.25) is 0 Å². The molecule has 2 unspecified atom stereocenters. The van der Waals surface area contributed by atoms with Gasteiger partial charge >= 0.3 is 11.9 Å². The number of ether oxygens (including phenoxy) is 2. The van der Waals surface area contributed by atoms with Crippen molar-refractivity contribution >= 4 is 24.3 Å². The topological polar surface area (TPSA) is 98.9 Å². The second kappa shape index (κ2) is 10.3. The summed E-state index contributed by atoms with van der Waals surface area (Å²) in [4.78, 5) is 22.1. The van der Waals surface area contributed by atoms with Crippen LogP contribution < -0.4 is 5.73 Å². The van der Waals surface area contributed by atoms with Crippen LogP contribution in [0.1, 0.15) is 26.7 Å². The van der Waals surface area contributed by atoms with Crippen LogP contribution in [0.4, 0.5) is 0 Å². The van der Waals surface area contributed by atoms with Gasteiger partial charge in [0, 0.05) is 0 Å². The van der Waals surface area contributed by atoms with Crippen LogP contribution in [0.15, 0.2) is 0 Å². The molecule has 2 atom stereocenters. The normalized spacial score (nSPS) is 13.2. The number of nitrogens with two attached hydrogens (primary N) is 1. The summed E-state index contributed by atoms with van der Waals surface area (Å²) in [5.41, 5.74) is 5.49. The number of hydrogen-bond acceptors (Lipinski definition) is 6. The van der Waals surface area contributed by atoms with Gasteiger partial charge in [-0.2, -0.15) is 0 Å². The van der Waals surface area contributed by atoms with E-state index in [1.807, 2.05) is 0 Å². The Morgan fingerprint density at radius 1 is 1.12 bits per heavy atom. The molecule has 0 saturated heterocycles. The molecule has 0 aromatic rings. The highest BCUT2D eigenvalue weighted by molar-refractivity contribution is 5.85. The number of esters is 2. The highest BCUT2D eigenvalue weighted by Crippen LogP contribution is 2.03. The van der Waals surface area contributed by atoms with Crippen molar-refractivity contribution in [2.75, 3.05) is 13.2 Å². The van der Waals surface area contributed by atoms with Crippen molar-refractivity contribution in [3.05, 3.63) is 0 Å². The van der Waals surface area contributed by atoms with Crippen LogP contribution in [-0.4, -0.2) is 42.4 Å². The molecule has 17 heavy (non-hydrogen) atoms. The minimum atomic E-state index is -1.24. The molecule has 0 bridgehead atoms. The van der Waals surface area contributed by atoms with E-state index in [2.05, 4.69) is 9.47 Å². The Bertz CT molecular complexity index is 213. The first-order chi connectivity index (χ1) is 7.52. The molecular formula is C10H20ClNO5. The van der Waals surface area contributed by atoms with Crippen LogP contribution in [0, 0.1) is 0 Å². The SMILES string of the molecule is CCOC(=O)C(N)CCC(O)C(=O)OCC.Cl. The standard InChI is InChI=1S/C10H19NO5.ClH/c1-3-15-9(13)7(11)5-6-8(12)10(14)16-4-2;/h7-8,12H,3-6,11H2,1-2H3;1H. The minimum absolute atomic E-state index is 0. The van der Waals surface area contributed by atoms with Crippen molar-refractivity contribution in [3.8, 4) is 0 Å². The zero-order valence-corrected chi connectivity index (χ0v) is 10.9. The van der Waals surface area contributed by atoms with Crippen LogP contribution >= 0.6 is 12.4 Å². The van der Waals surface area contributed by atoms with Gasteiger partial charge in [0.05, 0.1) is 13.2 Å². The number of rotatable bonds is 7. The van der Waals surface area contributed by atoms with Gasteiger partial charge in [-0.1, -0.05) is 0 Å². The maximum Gasteiger partial charge on any atom is 0.334 e. The molecule has 0 rings (SSSR count). The third-order valence-corrected chi connectivity index (χ3v) is 1.90. The molecule has 0 aliphatic rings. The maximum absolute atomic E-state index is 11.1. The lowest BCUT2D eigenvalue weighted by Crippen LogP contribution is -2.34. The molecule has 0 saturated carbocycles. The fourth-order valence-electron chi connectivity index (χ4n) is 1.06. The number of aliphatic hydroxyl groups is 1. The van der Waals surface area contributed by atoms with Crippen LogP contribution in [-0.2, 0) is 19.1 Å². The number of hydrogen-bond donors (Lipinski definition) is 2. The van der Waals surface area contributed by atoms with E-state index >= 15 is 0 Å². The summed E-state index contributed by atoms with van der Waals surface area (Å²) < 4.78 is 9.28. The van der Waals surface area contributed by atoms with Gasteiger partial charge in [-0.15, -0.1) is 12.4 Å². The average molecular weight is 270 g/mol. The molecule has 0 aromatic heterocycles. The number of aliphatic hydroxyl groups excluding tert-OH is 1. The summed E-state index contributed by atoms with van der Waals surface area (Å²) in [6, 6.07) is -0.816. The predicted octanol–water partition coefficient (Wildman–Crippen LogP) is 0.00280. The smallest absolute Gasteiger partial charge is 0.334 e. The third-order valence-electron chi connectivity index (χ3n) is 1.90. The Balaban J connectivity index is 0. The molecule has 7 heteroatoms. The first-order valence-electron chi connectivity index (χ1n) is 5.29. The van der Waals surface area contributed by atoms with Gasteiger partial charge in [-0.05, 0) is 26.7 Å². The van der Waals surface area contributed by atoms with Gasteiger partial charge < -0.3 is 20.3 Å². The van der Waals surface area contributed by atoms with Crippen LogP contribution in [0.3, 0.4) is 0 Å². The van der Waals surface area contributed by atoms with Crippen LogP contribution in [0.5, 0.6) is 0 Å². The Morgan fingerprint density at radius 3 is 2.06 bits per heavy atom. The van der Waals surface area contributed by atoms with E-state index in [0.717, 1.165) is 0 Å². The van der Waals surface area contributed by atoms with Gasteiger partial charge in [0.1, 0.15) is 6.04 Å². The van der Waals surface area contributed by atoms with Crippen LogP contribution in [0.2, 0.25) is 0 Å². The Morgan fingerprint density at radius 2 is 1.59 bits per heavy atom. The fourth-order valence-corrected chi connectivity index (χ4v) is 1.06. The molecule has 0 fully saturated rings. The first-order valence-corrected chi connectivity index (χ1v) is 5.29. The summed E-state index contributed by atoms with van der Waals surface area (Å²) in [5.74, 6) is -1.22. The molecule has 0 aromatic carbocycles. The molecule has 0 aliphatic heterocycles. The van der Waals surface area contributed by atoms with E-state index in [0.29, 0.717) is 0 Å². The summed E-state index contributed by atoms with van der Waals surface area (Å²) >= 11 is 0. The molecular weight excluding hydrogens is 250 g/mol. The molecule has 0 amide bonds. The summed E-state index contributed by atoms with van der Waals surface area (Å²) in [6.45, 7) is 3.79. The van der Waals surface area contributed by atoms with Crippen molar-refractivity contribution in [2.24, 2.45) is 5.73 Å². The van der Waals surface area contributed by atoms with Crippen molar-refractivity contribution in [1.29, 1.82) is 0 Å². The highest BCUT2D eigenvalue weighted by Gasteiger charge is 2.20. The van der Waals surface area contributed by atoms with Crippen molar-refractivity contribution < 1.29 is 24.2 Å². The summed E-state index contributed by atoms with van der Waals surface area (Å²) in [5, 5.41) is 9.33. The average Bonchev–Trinajstić information content (AvgIpc) is 2.25. The molecule has 0 aliphatic carbocycles. The second-order valence-electron chi connectivity index (χ2n) is 3.20. The van der Waals surface area contributed by atoms with E-state index in [1.165, 1.54) is 0 Å². The molecule has 102 valence electrons. The Kier molecular flexibility index (Phi) is 11.2. The van der Waals surface area contributed by atoms with Crippen molar-refractivity contribution in [3.63, 3.8) is 0 Å². The number of carbonyl (C=O) groups excluding carboxylic acids is 2. The largest absolute Gasteiger partial charge is 0.465 e. The summed E-state index contributed by atoms with van der Waals surface area (Å²) in [6.07, 6.45) is -0.974. The quantitative estimate of drug-likeness (QED) is 0.632. The third kappa shape index (κ3) is 7.95. The van der Waals surface area contributed by atoms with Gasteiger partial charge in [0.15, 0.2) is 6.10 Å². The lowest BCUT2D eigenvalue weighted by Gasteiger charge is -2.13. The van der Waals surface area contributed by atoms with E-state index in [-0.39, 0.29) is 38.5 Å². The highest BCUT2D eigenvalue weighted by atomic mass is 35.5. The van der Waals surface area contributed by atoms with Gasteiger partial charge in [-0.25, -0.2) is 4.79 Å². The van der Waals surface area contributed by atoms with E-state index in [1.54, 1.807) is 13.8 Å². The lowest BCUT2D eigenvalue weighted by molar-refractivity contribution is -0.154. The van der Waals surface area contributed by atoms with Gasteiger partial charge in [-0.3, -0.25) is 4.79 Å². The Hall–Kier alpha value is -0.850. The lowest BCUT2D eigenvalue weighted by atomic mass is 10.1. The van der Waals surface area contributed by atoms with Crippen molar-refractivity contribution in [2.45, 2.75) is 38.8 Å². The fraction of sp³-hybridized carbons (Fsp3) is 0.800. The second-order valence-corrected chi connectivity index (χ2v) is 3.20. The molecule has 3 N–H and O–H groups in total. The molecule has 0 heterocycles. The summed E-state index contributed by atoms with van der Waals surface area (Å²) in [7, 11) is 0. The zero-order valence-electron chi connectivity index (χ0n) is 10.0. The maximum atomic E-state index is 11.1. The molecule has 6 nitrogen and oxygen atoms in total. The number of carbonyl (C=O) groups is 2. The zero-order chi connectivity index (χ0) is 12.6. The Labute approximate surface area is 107 Å². The van der Waals surface area contributed by atoms with Crippen LogP contribution in [0.25, 0.3) is 0 Å². The van der Waals surface area contributed by atoms with E-state index in [9.17, 15) is 14.7 Å². The predicted molar refractivity (Wildman–Crippen MR) is 63.7 cm³/mol. The molecule has 0 spiro atoms. The minimum Gasteiger partial charge on any atom is -0.465 e. The number of halogens is 1. The van der Waals surface area contributed by atoms with Crippen molar-refractivity contribution in [1.82, 2.24) is 0 Å². The van der Waals surface area contributed by atoms with E-state index in [4.69, 9.17) is 5.73 Å². The van der Waals surface area contributed by atoms with Gasteiger partial charge in [0.25, 0.3) is 0 Å². The molecule has 0 radical (unpaired) electrons. The van der Waals surface area contributed by atoms with E-state index < -0.39 is 24.1 Å².